The van der Waals surface area contributed by atoms with Crippen LogP contribution in [-0.2, 0) is 4.79 Å². The Labute approximate surface area is 54.6 Å². The number of hydrogen-bond acceptors (Lipinski definition) is 2. The van der Waals surface area contributed by atoms with Gasteiger partial charge in [-0.2, -0.15) is 0 Å². The van der Waals surface area contributed by atoms with Crippen molar-refractivity contribution >= 4 is 5.78 Å². The van der Waals surface area contributed by atoms with Crippen molar-refractivity contribution in [3.8, 4) is 0 Å². The largest absolute Gasteiger partial charge is 0.310 e. The van der Waals surface area contributed by atoms with Crippen molar-refractivity contribution in [1.82, 2.24) is 5.32 Å². The van der Waals surface area contributed by atoms with E-state index in [-0.39, 0.29) is 0 Å². The van der Waals surface area contributed by atoms with Gasteiger partial charge in [-0.25, -0.2) is 0 Å². The third kappa shape index (κ3) is 0.874. The summed E-state index contributed by atoms with van der Waals surface area (Å²) in [4.78, 5) is 10.9. The van der Waals surface area contributed by atoms with Crippen LogP contribution in [0.3, 0.4) is 0 Å². The van der Waals surface area contributed by atoms with Gasteiger partial charge in [0.25, 0.3) is 0 Å². The quantitative estimate of drug-likeness (QED) is 0.510. The Bertz CT molecular complexity index is 149. The first-order valence-corrected chi connectivity index (χ1v) is 3.58. The van der Waals surface area contributed by atoms with Crippen LogP contribution in [-0.4, -0.2) is 17.9 Å². The maximum absolute atomic E-state index is 10.9. The molecule has 0 aromatic rings. The van der Waals surface area contributed by atoms with E-state index in [1.807, 2.05) is 0 Å². The minimum atomic E-state index is 0.301. The molecule has 1 saturated carbocycles. The molecule has 2 aliphatic rings. The highest BCUT2D eigenvalue weighted by Gasteiger charge is 2.45. The Hall–Kier alpha value is -0.370. The predicted molar refractivity (Wildman–Crippen MR) is 34.2 cm³/mol. The SMILES string of the molecule is O=C1CCNC2(CC2)C1. The van der Waals surface area contributed by atoms with Crippen LogP contribution < -0.4 is 5.32 Å². The van der Waals surface area contributed by atoms with E-state index in [9.17, 15) is 4.79 Å². The third-order valence-corrected chi connectivity index (χ3v) is 2.29. The molecule has 2 rings (SSSR count). The second-order valence-corrected chi connectivity index (χ2v) is 3.17. The van der Waals surface area contributed by atoms with Crippen LogP contribution >= 0.6 is 0 Å². The highest BCUT2D eigenvalue weighted by Crippen LogP contribution is 2.40. The van der Waals surface area contributed by atoms with Crippen molar-refractivity contribution < 1.29 is 4.79 Å². The van der Waals surface area contributed by atoms with Crippen molar-refractivity contribution in [2.45, 2.75) is 31.2 Å². The minimum Gasteiger partial charge on any atom is -0.310 e. The molecule has 50 valence electrons. The van der Waals surface area contributed by atoms with Gasteiger partial charge in [0.15, 0.2) is 0 Å². The summed E-state index contributed by atoms with van der Waals surface area (Å²) in [6, 6.07) is 0. The average Bonchev–Trinajstić information content (AvgIpc) is 2.49. The first-order chi connectivity index (χ1) is 4.31. The lowest BCUT2D eigenvalue weighted by Crippen LogP contribution is -2.40. The van der Waals surface area contributed by atoms with Crippen molar-refractivity contribution in [3.05, 3.63) is 0 Å². The zero-order valence-electron chi connectivity index (χ0n) is 5.44. The molecule has 1 aliphatic heterocycles. The number of Topliss-reactive ketones (excluding diaryl/α,β-unsaturated/α-hetero) is 1. The molecule has 1 heterocycles. The van der Waals surface area contributed by atoms with Gasteiger partial charge in [0, 0.05) is 24.9 Å². The Balaban J connectivity index is 2.04. The molecule has 0 unspecified atom stereocenters. The lowest BCUT2D eigenvalue weighted by Gasteiger charge is -2.21. The van der Waals surface area contributed by atoms with Crippen molar-refractivity contribution in [1.29, 1.82) is 0 Å². The van der Waals surface area contributed by atoms with Gasteiger partial charge < -0.3 is 5.32 Å². The van der Waals surface area contributed by atoms with Crippen LogP contribution in [0.2, 0.25) is 0 Å². The minimum absolute atomic E-state index is 0.301. The number of hydrogen-bond donors (Lipinski definition) is 1. The number of carbonyl (C=O) groups is 1. The standard InChI is InChI=1S/C7H11NO/c9-6-1-4-8-7(5-6)2-3-7/h8H,1-5H2. The summed E-state index contributed by atoms with van der Waals surface area (Å²) in [5.74, 6) is 0.450. The van der Waals surface area contributed by atoms with Crippen LogP contribution in [0.15, 0.2) is 0 Å². The molecule has 0 aromatic carbocycles. The van der Waals surface area contributed by atoms with E-state index in [0.717, 1.165) is 19.4 Å². The van der Waals surface area contributed by atoms with Gasteiger partial charge in [-0.3, -0.25) is 4.79 Å². The summed E-state index contributed by atoms with van der Waals surface area (Å²) in [5, 5.41) is 3.38. The molecule has 1 N–H and O–H groups in total. The van der Waals surface area contributed by atoms with Crippen LogP contribution in [0.5, 0.6) is 0 Å². The molecule has 0 aromatic heterocycles. The number of carbonyl (C=O) groups excluding carboxylic acids is 1. The van der Waals surface area contributed by atoms with Gasteiger partial charge in [0.2, 0.25) is 0 Å². The smallest absolute Gasteiger partial charge is 0.136 e. The molecule has 9 heavy (non-hydrogen) atoms. The van der Waals surface area contributed by atoms with Gasteiger partial charge in [0.05, 0.1) is 0 Å². The van der Waals surface area contributed by atoms with Crippen molar-refractivity contribution in [3.63, 3.8) is 0 Å². The number of rotatable bonds is 0. The third-order valence-electron chi connectivity index (χ3n) is 2.29. The topological polar surface area (TPSA) is 29.1 Å². The fourth-order valence-electron chi connectivity index (χ4n) is 1.50. The normalized spacial score (nSPS) is 30.9. The fraction of sp³-hybridized carbons (Fsp3) is 0.857. The van der Waals surface area contributed by atoms with Gasteiger partial charge >= 0.3 is 0 Å². The molecular weight excluding hydrogens is 114 g/mol. The molecule has 1 aliphatic carbocycles. The molecule has 2 fully saturated rings. The van der Waals surface area contributed by atoms with Crippen molar-refractivity contribution in [2.75, 3.05) is 6.54 Å². The molecule has 0 radical (unpaired) electrons. The highest BCUT2D eigenvalue weighted by molar-refractivity contribution is 5.81. The van der Waals surface area contributed by atoms with Crippen LogP contribution in [0.4, 0.5) is 0 Å². The van der Waals surface area contributed by atoms with E-state index >= 15 is 0 Å². The molecule has 0 amide bonds. The molecule has 1 saturated heterocycles. The second kappa shape index (κ2) is 1.57. The number of nitrogens with one attached hydrogen (secondary N) is 1. The number of piperidine rings is 1. The van der Waals surface area contributed by atoms with Gasteiger partial charge in [-0.1, -0.05) is 0 Å². The molecule has 2 nitrogen and oxygen atoms in total. The summed E-state index contributed by atoms with van der Waals surface area (Å²) in [6.45, 7) is 0.916. The van der Waals surface area contributed by atoms with Gasteiger partial charge in [-0.05, 0) is 12.8 Å². The summed E-state index contributed by atoms with van der Waals surface area (Å²) in [5.41, 5.74) is 0.301. The van der Waals surface area contributed by atoms with E-state index in [0.29, 0.717) is 11.3 Å². The van der Waals surface area contributed by atoms with E-state index < -0.39 is 0 Å². The Kier molecular flexibility index (Phi) is 0.943. The van der Waals surface area contributed by atoms with Crippen LogP contribution in [0.25, 0.3) is 0 Å². The van der Waals surface area contributed by atoms with Gasteiger partial charge in [0.1, 0.15) is 5.78 Å². The lowest BCUT2D eigenvalue weighted by molar-refractivity contribution is -0.120. The zero-order chi connectivity index (χ0) is 6.32. The molecule has 2 heteroatoms. The monoisotopic (exact) mass is 125 g/mol. The Morgan fingerprint density at radius 3 is 2.67 bits per heavy atom. The lowest BCUT2D eigenvalue weighted by atomic mass is 10.0. The average molecular weight is 125 g/mol. The Morgan fingerprint density at radius 1 is 1.44 bits per heavy atom. The molecule has 0 bridgehead atoms. The van der Waals surface area contributed by atoms with E-state index in [4.69, 9.17) is 0 Å². The van der Waals surface area contributed by atoms with Crippen molar-refractivity contribution in [2.24, 2.45) is 0 Å². The Morgan fingerprint density at radius 2 is 2.22 bits per heavy atom. The van der Waals surface area contributed by atoms with Crippen LogP contribution in [0.1, 0.15) is 25.7 Å². The molecule has 1 spiro atoms. The van der Waals surface area contributed by atoms with E-state index in [2.05, 4.69) is 5.32 Å². The second-order valence-electron chi connectivity index (χ2n) is 3.17. The maximum atomic E-state index is 10.9. The predicted octanol–water partition coefficient (Wildman–Crippen LogP) is 0.471. The summed E-state index contributed by atoms with van der Waals surface area (Å²) in [7, 11) is 0. The fourth-order valence-corrected chi connectivity index (χ4v) is 1.50. The van der Waals surface area contributed by atoms with E-state index in [1.54, 1.807) is 0 Å². The highest BCUT2D eigenvalue weighted by atomic mass is 16.1. The van der Waals surface area contributed by atoms with Crippen LogP contribution in [0, 0.1) is 0 Å². The maximum Gasteiger partial charge on any atom is 0.136 e. The summed E-state index contributed by atoms with van der Waals surface area (Å²) in [6.07, 6.45) is 3.99. The summed E-state index contributed by atoms with van der Waals surface area (Å²) < 4.78 is 0. The van der Waals surface area contributed by atoms with Gasteiger partial charge in [-0.15, -0.1) is 0 Å². The first-order valence-electron chi connectivity index (χ1n) is 3.58. The van der Waals surface area contributed by atoms with E-state index in [1.165, 1.54) is 12.8 Å². The molecular formula is C7H11NO. The summed E-state index contributed by atoms with van der Waals surface area (Å²) >= 11 is 0. The first kappa shape index (κ1) is 5.42. The zero-order valence-corrected chi connectivity index (χ0v) is 5.44. The molecule has 0 atom stereocenters. The number of ketones is 1.